The van der Waals surface area contributed by atoms with Gasteiger partial charge in [0.15, 0.2) is 17.0 Å². The second-order valence-corrected chi connectivity index (χ2v) is 8.36. The molecule has 0 radical (unpaired) electrons. The number of amides is 1. The Morgan fingerprint density at radius 1 is 1.13 bits per heavy atom. The van der Waals surface area contributed by atoms with Crippen LogP contribution in [0.15, 0.2) is 18.7 Å². The second-order valence-electron chi connectivity index (χ2n) is 8.36. The van der Waals surface area contributed by atoms with Crippen molar-refractivity contribution >= 4 is 22.9 Å². The molecular formula is C22H28N8O. The second kappa shape index (κ2) is 7.86. The number of anilines is 1. The maximum Gasteiger partial charge on any atom is 0.225 e. The topological polar surface area (TPSA) is 92.9 Å². The van der Waals surface area contributed by atoms with Gasteiger partial charge in [-0.3, -0.25) is 4.79 Å². The van der Waals surface area contributed by atoms with E-state index in [1.165, 1.54) is 0 Å². The van der Waals surface area contributed by atoms with Crippen LogP contribution in [0.25, 0.3) is 22.6 Å². The number of aryl methyl sites for hydroxylation is 2. The molecule has 0 spiro atoms. The van der Waals surface area contributed by atoms with Gasteiger partial charge in [-0.2, -0.15) is 0 Å². The summed E-state index contributed by atoms with van der Waals surface area (Å²) in [5.74, 6) is 2.95. The van der Waals surface area contributed by atoms with Gasteiger partial charge in [-0.1, -0.05) is 0 Å². The Hall–Kier alpha value is -3.10. The third-order valence-electron chi connectivity index (χ3n) is 6.32. The van der Waals surface area contributed by atoms with Crippen LogP contribution in [0.1, 0.15) is 38.9 Å². The zero-order chi connectivity index (χ0) is 21.5. The Balaban J connectivity index is 1.51. The van der Waals surface area contributed by atoms with Crippen molar-refractivity contribution in [3.63, 3.8) is 0 Å². The lowest BCUT2D eigenvalue weighted by molar-refractivity contribution is -0.131. The van der Waals surface area contributed by atoms with E-state index in [2.05, 4.69) is 43.3 Å². The molecule has 0 N–H and O–H groups in total. The summed E-state index contributed by atoms with van der Waals surface area (Å²) >= 11 is 0. The first kappa shape index (κ1) is 19.8. The molecule has 2 aliphatic rings. The van der Waals surface area contributed by atoms with E-state index in [-0.39, 0.29) is 12.0 Å². The van der Waals surface area contributed by atoms with Crippen LogP contribution in [0.5, 0.6) is 0 Å². The fourth-order valence-corrected chi connectivity index (χ4v) is 4.53. The van der Waals surface area contributed by atoms with Crippen LogP contribution < -0.4 is 4.90 Å². The van der Waals surface area contributed by atoms with E-state index in [0.29, 0.717) is 5.91 Å². The van der Waals surface area contributed by atoms with Gasteiger partial charge in [-0.15, -0.1) is 0 Å². The molecule has 3 aromatic rings. The predicted molar refractivity (Wildman–Crippen MR) is 117 cm³/mol. The highest BCUT2D eigenvalue weighted by Gasteiger charge is 2.38. The molecule has 1 atom stereocenters. The van der Waals surface area contributed by atoms with Gasteiger partial charge in [0, 0.05) is 50.5 Å². The Labute approximate surface area is 181 Å². The predicted octanol–water partition coefficient (Wildman–Crippen LogP) is 2.45. The van der Waals surface area contributed by atoms with E-state index in [9.17, 15) is 4.79 Å². The highest BCUT2D eigenvalue weighted by atomic mass is 16.2. The van der Waals surface area contributed by atoms with Crippen LogP contribution in [0, 0.1) is 12.8 Å². The Morgan fingerprint density at radius 3 is 2.58 bits per heavy atom. The minimum absolute atomic E-state index is 0.240. The van der Waals surface area contributed by atoms with Crippen molar-refractivity contribution in [1.29, 1.82) is 0 Å². The molecule has 0 bridgehead atoms. The fourth-order valence-electron chi connectivity index (χ4n) is 4.53. The number of likely N-dealkylation sites (N-methyl/N-ethyl adjacent to an activating group) is 1. The molecular weight excluding hydrogens is 392 g/mol. The maximum absolute atomic E-state index is 12.5. The number of carbonyl (C=O) groups excluding carboxylic acids is 1. The molecule has 3 aromatic heterocycles. The van der Waals surface area contributed by atoms with Gasteiger partial charge in [-0.25, -0.2) is 24.9 Å². The van der Waals surface area contributed by atoms with Crippen LogP contribution in [-0.4, -0.2) is 66.0 Å². The molecule has 1 saturated heterocycles. The third kappa shape index (κ3) is 3.51. The number of aromatic nitrogens is 6. The summed E-state index contributed by atoms with van der Waals surface area (Å²) in [6, 6.07) is 0.240. The smallest absolute Gasteiger partial charge is 0.225 e. The lowest BCUT2D eigenvalue weighted by Crippen LogP contribution is -2.39. The summed E-state index contributed by atoms with van der Waals surface area (Å²) in [4.78, 5) is 39.7. The number of rotatable bonds is 6. The Kier molecular flexibility index (Phi) is 5.03. The average molecular weight is 421 g/mol. The first-order chi connectivity index (χ1) is 15.1. The number of likely N-dealkylation sites (tertiary alicyclic amines) is 1. The van der Waals surface area contributed by atoms with Crippen molar-refractivity contribution in [1.82, 2.24) is 34.4 Å². The number of fused-ring (bicyclic) bond motifs is 1. The summed E-state index contributed by atoms with van der Waals surface area (Å²) in [7, 11) is 0. The van der Waals surface area contributed by atoms with Crippen LogP contribution >= 0.6 is 0 Å². The normalized spacial score (nSPS) is 18.7. The highest BCUT2D eigenvalue weighted by Crippen LogP contribution is 2.34. The van der Waals surface area contributed by atoms with E-state index in [0.717, 1.165) is 79.6 Å². The largest absolute Gasteiger partial charge is 0.350 e. The number of hydrogen-bond acceptors (Lipinski definition) is 7. The molecule has 9 nitrogen and oxygen atoms in total. The lowest BCUT2D eigenvalue weighted by Gasteiger charge is -2.29. The van der Waals surface area contributed by atoms with Gasteiger partial charge in [0.05, 0.1) is 5.56 Å². The molecule has 162 valence electrons. The van der Waals surface area contributed by atoms with Crippen molar-refractivity contribution in [2.24, 2.45) is 5.92 Å². The minimum Gasteiger partial charge on any atom is -0.350 e. The molecule has 4 heterocycles. The van der Waals surface area contributed by atoms with Crippen LogP contribution in [0.4, 0.5) is 5.82 Å². The van der Waals surface area contributed by atoms with E-state index in [1.54, 1.807) is 18.7 Å². The average Bonchev–Trinajstić information content (AvgIpc) is 3.40. The van der Waals surface area contributed by atoms with E-state index in [4.69, 9.17) is 4.98 Å². The molecule has 0 unspecified atom stereocenters. The summed E-state index contributed by atoms with van der Waals surface area (Å²) < 4.78 is 2.08. The standard InChI is InChI=1S/C22H28N8O/c1-4-29(17-8-9-28(12-17)22(31)15-6-7-15)20-18-21(26-13-25-20)30(5-2)19(27-18)16-10-23-14(3)24-11-16/h10-11,13,15,17H,4-9,12H2,1-3H3/t17-/m0/s1. The summed E-state index contributed by atoms with van der Waals surface area (Å²) in [5, 5.41) is 0. The van der Waals surface area contributed by atoms with Gasteiger partial charge in [0.25, 0.3) is 0 Å². The SMILES string of the molecule is CCN(c1ncnc2c1nc(-c1cnc(C)nc1)n2CC)[C@H]1CCN(C(=O)C2CC2)C1. The van der Waals surface area contributed by atoms with Gasteiger partial charge < -0.3 is 14.4 Å². The van der Waals surface area contributed by atoms with Crippen molar-refractivity contribution in [2.45, 2.75) is 52.6 Å². The van der Waals surface area contributed by atoms with E-state index >= 15 is 0 Å². The van der Waals surface area contributed by atoms with Gasteiger partial charge in [-0.05, 0) is 40.0 Å². The first-order valence-electron chi connectivity index (χ1n) is 11.2. The Bertz CT molecular complexity index is 1100. The van der Waals surface area contributed by atoms with Crippen LogP contribution in [0.3, 0.4) is 0 Å². The molecule has 1 saturated carbocycles. The van der Waals surface area contributed by atoms with Crippen LogP contribution in [0.2, 0.25) is 0 Å². The summed E-state index contributed by atoms with van der Waals surface area (Å²) in [6.45, 7) is 9.18. The van der Waals surface area contributed by atoms with Crippen LogP contribution in [-0.2, 0) is 11.3 Å². The molecule has 31 heavy (non-hydrogen) atoms. The van der Waals surface area contributed by atoms with Crippen molar-refractivity contribution in [3.05, 3.63) is 24.5 Å². The molecule has 1 amide bonds. The zero-order valence-electron chi connectivity index (χ0n) is 18.3. The molecule has 1 aliphatic heterocycles. The highest BCUT2D eigenvalue weighted by molar-refractivity contribution is 5.87. The molecule has 2 fully saturated rings. The number of nitrogens with zero attached hydrogens (tertiary/aromatic N) is 8. The van der Waals surface area contributed by atoms with Gasteiger partial charge in [0.2, 0.25) is 5.91 Å². The molecule has 5 rings (SSSR count). The fraction of sp³-hybridized carbons (Fsp3) is 0.545. The molecule has 0 aromatic carbocycles. The monoisotopic (exact) mass is 420 g/mol. The number of imidazole rings is 1. The zero-order valence-corrected chi connectivity index (χ0v) is 18.3. The Morgan fingerprint density at radius 2 is 1.90 bits per heavy atom. The van der Waals surface area contributed by atoms with Crippen molar-refractivity contribution in [3.8, 4) is 11.4 Å². The van der Waals surface area contributed by atoms with E-state index in [1.807, 2.05) is 11.8 Å². The third-order valence-corrected chi connectivity index (χ3v) is 6.32. The van der Waals surface area contributed by atoms with Gasteiger partial charge >= 0.3 is 0 Å². The van der Waals surface area contributed by atoms with Crippen molar-refractivity contribution < 1.29 is 4.79 Å². The summed E-state index contributed by atoms with van der Waals surface area (Å²) in [6.07, 6.45) is 8.27. The van der Waals surface area contributed by atoms with E-state index < -0.39 is 0 Å². The minimum atomic E-state index is 0.240. The first-order valence-corrected chi connectivity index (χ1v) is 11.2. The lowest BCUT2D eigenvalue weighted by atomic mass is 10.2. The number of carbonyl (C=O) groups is 1. The molecule has 9 heteroatoms. The van der Waals surface area contributed by atoms with Gasteiger partial charge in [0.1, 0.15) is 18.0 Å². The van der Waals surface area contributed by atoms with Crippen molar-refractivity contribution in [2.75, 3.05) is 24.5 Å². The maximum atomic E-state index is 12.5. The number of hydrogen-bond donors (Lipinski definition) is 0. The molecule has 1 aliphatic carbocycles. The summed E-state index contributed by atoms with van der Waals surface area (Å²) in [5.41, 5.74) is 2.46. The quantitative estimate of drug-likeness (QED) is 0.605.